The summed E-state index contributed by atoms with van der Waals surface area (Å²) in [4.78, 5) is 68.5. The molecular formula is C52H48ClN3O15. The van der Waals surface area contributed by atoms with E-state index in [0.717, 1.165) is 11.1 Å². The Balaban J connectivity index is 0.924. The van der Waals surface area contributed by atoms with Crippen molar-refractivity contribution in [3.8, 4) is 23.0 Å². The number of aliphatic hydroxyl groups excluding tert-OH is 2. The zero-order valence-electron chi connectivity index (χ0n) is 38.4. The number of alkyl halides is 1. The molecule has 5 aromatic carbocycles. The lowest BCUT2D eigenvalue weighted by atomic mass is 9.72. The van der Waals surface area contributed by atoms with Crippen molar-refractivity contribution in [2.45, 2.75) is 81.8 Å². The van der Waals surface area contributed by atoms with E-state index in [1.54, 1.807) is 43.3 Å². The van der Waals surface area contributed by atoms with Gasteiger partial charge >= 0.3 is 0 Å². The Kier molecular flexibility index (Phi) is 12.1. The Morgan fingerprint density at radius 3 is 2.45 bits per heavy atom. The van der Waals surface area contributed by atoms with Crippen molar-refractivity contribution in [1.82, 2.24) is 5.32 Å². The summed E-state index contributed by atoms with van der Waals surface area (Å²) in [6, 6.07) is 17.2. The molecule has 3 heterocycles. The number of aliphatic hydroxyl groups is 3. The van der Waals surface area contributed by atoms with Gasteiger partial charge in [0.2, 0.25) is 11.7 Å². The molecule has 2 aliphatic heterocycles. The summed E-state index contributed by atoms with van der Waals surface area (Å²) in [6.45, 7) is 2.30. The summed E-state index contributed by atoms with van der Waals surface area (Å²) < 4.78 is 23.8. The van der Waals surface area contributed by atoms with Crippen molar-refractivity contribution in [1.29, 1.82) is 0 Å². The molecule has 1 fully saturated rings. The van der Waals surface area contributed by atoms with E-state index in [-0.39, 0.29) is 76.7 Å². The lowest BCUT2D eigenvalue weighted by molar-refractivity contribution is -0.250. The van der Waals surface area contributed by atoms with Gasteiger partial charge in [0.05, 0.1) is 47.8 Å². The number of hydrogen-bond donors (Lipinski definition) is 8. The number of halogens is 1. The van der Waals surface area contributed by atoms with Crippen LogP contribution in [0.1, 0.15) is 103 Å². The maximum atomic E-state index is 14.1. The third kappa shape index (κ3) is 7.95. The summed E-state index contributed by atoms with van der Waals surface area (Å²) in [5, 5.41) is 76.0. The van der Waals surface area contributed by atoms with Gasteiger partial charge in [-0.2, -0.15) is 0 Å². The van der Waals surface area contributed by atoms with Crippen molar-refractivity contribution in [3.63, 3.8) is 0 Å². The first-order valence-electron chi connectivity index (χ1n) is 22.9. The zero-order chi connectivity index (χ0) is 50.4. The maximum Gasteiger partial charge on any atom is 0.294 e. The number of benzene rings is 5. The van der Waals surface area contributed by atoms with E-state index in [9.17, 15) is 54.6 Å². The molecule has 0 radical (unpaired) electrons. The monoisotopic (exact) mass is 989 g/mol. The van der Waals surface area contributed by atoms with Gasteiger partial charge in [-0.05, 0) is 59.8 Å². The molecule has 2 amide bonds. The number of Topliss-reactive ketones (excluding diaryl/α,β-unsaturated/α-hetero) is 1. The molecule has 0 spiro atoms. The first kappa shape index (κ1) is 47.8. The third-order valence-corrected chi connectivity index (χ3v) is 14.5. The van der Waals surface area contributed by atoms with Crippen molar-refractivity contribution in [2.24, 2.45) is 0 Å². The normalized spacial score (nSPS) is 23.6. The van der Waals surface area contributed by atoms with E-state index in [1.807, 2.05) is 6.07 Å². The van der Waals surface area contributed by atoms with Gasteiger partial charge < -0.3 is 64.8 Å². The highest BCUT2D eigenvalue weighted by Crippen LogP contribution is 2.53. The molecule has 1 aromatic heterocycles. The molecule has 6 aromatic rings. The van der Waals surface area contributed by atoms with Crippen LogP contribution in [0.2, 0.25) is 0 Å². The minimum atomic E-state index is -2.35. The van der Waals surface area contributed by atoms with Gasteiger partial charge in [-0.3, -0.25) is 24.0 Å². The van der Waals surface area contributed by atoms with E-state index >= 15 is 0 Å². The molecule has 71 heavy (non-hydrogen) atoms. The van der Waals surface area contributed by atoms with Crippen LogP contribution >= 0.6 is 11.6 Å². The van der Waals surface area contributed by atoms with Gasteiger partial charge in [-0.15, -0.1) is 11.6 Å². The molecule has 7 atom stereocenters. The summed E-state index contributed by atoms with van der Waals surface area (Å²) in [7, 11) is 1.31. The van der Waals surface area contributed by atoms with Crippen molar-refractivity contribution >= 4 is 73.9 Å². The average molecular weight is 990 g/mol. The largest absolute Gasteiger partial charge is 0.507 e. The Morgan fingerprint density at radius 1 is 0.944 bits per heavy atom. The highest BCUT2D eigenvalue weighted by Gasteiger charge is 2.50. The Hall–Kier alpha value is -6.90. The summed E-state index contributed by atoms with van der Waals surface area (Å²) in [6.07, 6.45) is -5.83. The second-order valence-corrected chi connectivity index (χ2v) is 18.8. The number of nitrogens with zero attached hydrogens (tertiary/aromatic N) is 1. The molecule has 8 N–H and O–H groups in total. The topological polar surface area (TPSA) is 275 Å². The van der Waals surface area contributed by atoms with Gasteiger partial charge in [-0.1, -0.05) is 24.3 Å². The second-order valence-electron chi connectivity index (χ2n) is 18.5. The number of hydrogen-bond acceptors (Lipinski definition) is 16. The molecule has 2 unspecified atom stereocenters. The minimum absolute atomic E-state index is 0.0328. The van der Waals surface area contributed by atoms with Crippen LogP contribution < -0.4 is 20.3 Å². The van der Waals surface area contributed by atoms with Crippen LogP contribution in [0, 0.1) is 0 Å². The zero-order valence-corrected chi connectivity index (χ0v) is 39.2. The Labute approximate surface area is 409 Å². The smallest absolute Gasteiger partial charge is 0.294 e. The van der Waals surface area contributed by atoms with Crippen LogP contribution in [0.25, 0.3) is 21.7 Å². The number of nitrogens with one attached hydrogen (secondary N) is 2. The van der Waals surface area contributed by atoms with Crippen LogP contribution in [0.4, 0.5) is 11.4 Å². The fraction of sp³-hybridized carbons (Fsp3) is 0.327. The van der Waals surface area contributed by atoms with Crippen LogP contribution in [0.15, 0.2) is 71.1 Å². The standard InChI is InChI=1S/C52H48ClN3O15/c1-22-46(61)32(14-40(69-22)71-38-17-52(67,39(60)21-57)16-31-43(38)50(65)45-44(48(31)63)47(62)29-5-4-6-36(68-3)42(29)49(45)64)54-19-24-7-9-28-30(11-24)41-26(18-53)20-56(33(41)15-34(28)59)51(66)37-13-25-12-27(55-23(2)58)8-10-35(25)70-37/h4-13,15,22,26,32,38,40,46,54,57,59,61,63,65,67H,14,16-21H2,1-3H3,(H,55,58)/t22-,26?,32-,38+,40?,46+,52-/m0/s1. The second kappa shape index (κ2) is 18.1. The minimum Gasteiger partial charge on any atom is -0.507 e. The highest BCUT2D eigenvalue weighted by molar-refractivity contribution is 6.31. The SMILES string of the molecule is COc1cccc2c1C(=O)c1c(O)c3c(c(O)c1C2=O)C[C@@](O)(C(=O)CO)C[C@H]3OC1C[C@H](NCc2ccc3c(O)cc4c(c3c2)C(CCl)CN4C(=O)c2cc3cc(NC(C)=O)ccc3o2)[C@H](O)[C@H](C)O1. The summed E-state index contributed by atoms with van der Waals surface area (Å²) >= 11 is 6.56. The number of methoxy groups -OCH3 is 1. The number of phenolic OH excluding ortho intramolecular Hbond substituents is 3. The average Bonchev–Trinajstić information content (AvgIpc) is 3.95. The number of furan rings is 1. The number of rotatable bonds is 11. The third-order valence-electron chi connectivity index (χ3n) is 14.1. The number of fused-ring (bicyclic) bond motifs is 7. The number of anilines is 2. The number of amides is 2. The van der Waals surface area contributed by atoms with Gasteiger partial charge in [0.25, 0.3) is 5.91 Å². The summed E-state index contributed by atoms with van der Waals surface area (Å²) in [5.74, 6) is -4.92. The van der Waals surface area contributed by atoms with E-state index in [2.05, 4.69) is 10.6 Å². The molecule has 19 heteroatoms. The molecule has 10 rings (SSSR count). The molecule has 0 saturated carbocycles. The first-order valence-corrected chi connectivity index (χ1v) is 23.4. The quantitative estimate of drug-likeness (QED) is 0.0597. The number of ketones is 3. The van der Waals surface area contributed by atoms with E-state index in [4.69, 9.17) is 30.2 Å². The fourth-order valence-corrected chi connectivity index (χ4v) is 10.9. The van der Waals surface area contributed by atoms with Gasteiger partial charge in [0.1, 0.15) is 40.8 Å². The molecule has 1 saturated heterocycles. The van der Waals surface area contributed by atoms with Crippen LogP contribution in [-0.2, 0) is 32.0 Å². The van der Waals surface area contributed by atoms with E-state index < -0.39 is 102 Å². The predicted molar refractivity (Wildman–Crippen MR) is 256 cm³/mol. The first-order chi connectivity index (χ1) is 33.9. The predicted octanol–water partition coefficient (Wildman–Crippen LogP) is 5.38. The summed E-state index contributed by atoms with van der Waals surface area (Å²) in [5.41, 5.74) is -1.08. The maximum absolute atomic E-state index is 14.1. The van der Waals surface area contributed by atoms with E-state index in [0.29, 0.717) is 33.1 Å². The molecule has 4 aliphatic rings. The molecular weight excluding hydrogens is 942 g/mol. The van der Waals surface area contributed by atoms with Gasteiger partial charge in [0, 0.05) is 96.3 Å². The van der Waals surface area contributed by atoms with Gasteiger partial charge in [-0.25, -0.2) is 0 Å². The van der Waals surface area contributed by atoms with Crippen LogP contribution in [0.5, 0.6) is 23.0 Å². The number of aromatic hydroxyl groups is 3. The number of phenols is 3. The van der Waals surface area contributed by atoms with Crippen molar-refractivity contribution in [2.75, 3.05) is 36.4 Å². The molecule has 368 valence electrons. The molecule has 18 nitrogen and oxygen atoms in total. The van der Waals surface area contributed by atoms with Crippen LogP contribution in [0.3, 0.4) is 0 Å². The number of ether oxygens (including phenoxy) is 3. The van der Waals surface area contributed by atoms with Crippen LogP contribution in [-0.4, -0.2) is 116 Å². The highest BCUT2D eigenvalue weighted by atomic mass is 35.5. The van der Waals surface area contributed by atoms with E-state index in [1.165, 1.54) is 43.2 Å². The van der Waals surface area contributed by atoms with Gasteiger partial charge in [0.15, 0.2) is 23.6 Å². The number of carbonyl (C=O) groups is 5. The Bertz CT molecular complexity index is 3260. The molecule has 2 aliphatic carbocycles. The lowest BCUT2D eigenvalue weighted by Crippen LogP contribution is -2.54. The number of carbonyl (C=O) groups excluding carboxylic acids is 5. The fourth-order valence-electron chi connectivity index (χ4n) is 10.7. The lowest BCUT2D eigenvalue weighted by Gasteiger charge is -2.43. The van der Waals surface area contributed by atoms with Crippen molar-refractivity contribution < 1.29 is 73.2 Å². The Morgan fingerprint density at radius 2 is 1.72 bits per heavy atom. The van der Waals surface area contributed by atoms with Crippen molar-refractivity contribution in [3.05, 3.63) is 117 Å². The molecule has 0 bridgehead atoms.